The number of benzene rings is 1. The van der Waals surface area contributed by atoms with Crippen molar-refractivity contribution >= 4 is 16.0 Å². The predicted molar refractivity (Wildman–Crippen MR) is 92.7 cm³/mol. The van der Waals surface area contributed by atoms with Crippen LogP contribution in [0.1, 0.15) is 38.2 Å². The van der Waals surface area contributed by atoms with Crippen LogP contribution in [-0.2, 0) is 16.6 Å². The van der Waals surface area contributed by atoms with E-state index in [2.05, 4.69) is 10.3 Å². The van der Waals surface area contributed by atoms with Gasteiger partial charge in [0.15, 0.2) is 5.96 Å². The zero-order valence-corrected chi connectivity index (χ0v) is 14.5. The van der Waals surface area contributed by atoms with Crippen LogP contribution >= 0.6 is 0 Å². The molecule has 0 bridgehead atoms. The lowest BCUT2D eigenvalue weighted by molar-refractivity contribution is 0.346. The maximum atomic E-state index is 12.9. The van der Waals surface area contributed by atoms with Crippen molar-refractivity contribution in [1.29, 1.82) is 0 Å². The van der Waals surface area contributed by atoms with Gasteiger partial charge in [0.1, 0.15) is 0 Å². The third kappa shape index (κ3) is 4.68. The van der Waals surface area contributed by atoms with E-state index < -0.39 is 10.0 Å². The first-order chi connectivity index (χ1) is 11.1. The lowest BCUT2D eigenvalue weighted by Crippen LogP contribution is -2.36. The Labute approximate surface area is 138 Å². The monoisotopic (exact) mass is 338 g/mol. The molecule has 0 saturated carbocycles. The fourth-order valence-corrected chi connectivity index (χ4v) is 4.34. The van der Waals surface area contributed by atoms with Crippen LogP contribution in [0.3, 0.4) is 0 Å². The van der Waals surface area contributed by atoms with E-state index in [0.29, 0.717) is 29.5 Å². The molecule has 0 radical (unpaired) electrons. The summed E-state index contributed by atoms with van der Waals surface area (Å²) in [5.74, 6) is 0.344. The van der Waals surface area contributed by atoms with Crippen molar-refractivity contribution in [3.8, 4) is 0 Å². The van der Waals surface area contributed by atoms with E-state index in [4.69, 9.17) is 5.73 Å². The fraction of sp³-hybridized carbons (Fsp3) is 0.562. The number of sulfonamides is 1. The molecule has 1 aromatic rings. The Hall–Kier alpha value is -1.60. The van der Waals surface area contributed by atoms with Crippen LogP contribution in [0, 0.1) is 0 Å². The first-order valence-corrected chi connectivity index (χ1v) is 9.61. The number of nitrogens with zero attached hydrogens (tertiary/aromatic N) is 2. The molecule has 128 valence electrons. The maximum absolute atomic E-state index is 12.9. The van der Waals surface area contributed by atoms with Crippen LogP contribution in [0.2, 0.25) is 0 Å². The molecule has 0 aromatic heterocycles. The van der Waals surface area contributed by atoms with Crippen molar-refractivity contribution in [2.24, 2.45) is 10.7 Å². The van der Waals surface area contributed by atoms with Gasteiger partial charge in [-0.3, -0.25) is 0 Å². The molecule has 0 unspecified atom stereocenters. The Morgan fingerprint density at radius 1 is 1.26 bits per heavy atom. The van der Waals surface area contributed by atoms with Crippen molar-refractivity contribution in [2.45, 2.75) is 44.0 Å². The molecule has 3 N–H and O–H groups in total. The van der Waals surface area contributed by atoms with Crippen LogP contribution in [-0.4, -0.2) is 38.3 Å². The van der Waals surface area contributed by atoms with Gasteiger partial charge in [-0.1, -0.05) is 31.5 Å². The largest absolute Gasteiger partial charge is 0.370 e. The van der Waals surface area contributed by atoms with Crippen molar-refractivity contribution in [3.05, 3.63) is 29.8 Å². The third-order valence-electron chi connectivity index (χ3n) is 3.88. The number of aliphatic imine (C=N–C) groups is 1. The van der Waals surface area contributed by atoms with E-state index in [1.54, 1.807) is 22.5 Å². The van der Waals surface area contributed by atoms with Gasteiger partial charge >= 0.3 is 0 Å². The zero-order chi connectivity index (χ0) is 16.7. The smallest absolute Gasteiger partial charge is 0.243 e. The van der Waals surface area contributed by atoms with Crippen LogP contribution in [0.4, 0.5) is 0 Å². The van der Waals surface area contributed by atoms with Gasteiger partial charge in [-0.05, 0) is 30.9 Å². The van der Waals surface area contributed by atoms with E-state index in [1.165, 1.54) is 0 Å². The van der Waals surface area contributed by atoms with Gasteiger partial charge in [-0.2, -0.15) is 4.31 Å². The zero-order valence-electron chi connectivity index (χ0n) is 13.7. The van der Waals surface area contributed by atoms with Crippen molar-refractivity contribution in [3.63, 3.8) is 0 Å². The molecule has 0 spiro atoms. The second-order valence-electron chi connectivity index (χ2n) is 5.70. The third-order valence-corrected chi connectivity index (χ3v) is 5.88. The maximum Gasteiger partial charge on any atom is 0.243 e. The topological polar surface area (TPSA) is 87.8 Å². The molecular weight excluding hydrogens is 312 g/mol. The number of hydrogen-bond donors (Lipinski definition) is 2. The van der Waals surface area contributed by atoms with Crippen molar-refractivity contribution < 1.29 is 8.42 Å². The molecule has 1 saturated heterocycles. The van der Waals surface area contributed by atoms with Gasteiger partial charge in [-0.25, -0.2) is 13.4 Å². The van der Waals surface area contributed by atoms with Gasteiger partial charge in [-0.15, -0.1) is 0 Å². The Morgan fingerprint density at radius 2 is 1.96 bits per heavy atom. The number of piperidine rings is 1. The molecule has 1 aromatic carbocycles. The van der Waals surface area contributed by atoms with Gasteiger partial charge < -0.3 is 11.1 Å². The quantitative estimate of drug-likeness (QED) is 0.610. The summed E-state index contributed by atoms with van der Waals surface area (Å²) in [6.07, 6.45) is 3.90. The molecule has 1 aliphatic heterocycles. The molecule has 0 atom stereocenters. The number of hydrogen-bond acceptors (Lipinski definition) is 3. The molecular formula is C16H26N4O2S. The Bertz CT molecular complexity index is 637. The first kappa shape index (κ1) is 17.7. The second kappa shape index (κ2) is 8.31. The van der Waals surface area contributed by atoms with Crippen LogP contribution in [0.25, 0.3) is 0 Å². The lowest BCUT2D eigenvalue weighted by atomic mass is 10.2. The fourth-order valence-electron chi connectivity index (χ4n) is 2.61. The van der Waals surface area contributed by atoms with Crippen LogP contribution in [0.5, 0.6) is 0 Å². The van der Waals surface area contributed by atoms with Crippen LogP contribution < -0.4 is 11.1 Å². The Balaban J connectivity index is 2.19. The van der Waals surface area contributed by atoms with Crippen molar-refractivity contribution in [2.75, 3.05) is 19.6 Å². The summed E-state index contributed by atoms with van der Waals surface area (Å²) in [6, 6.07) is 7.04. The summed E-state index contributed by atoms with van der Waals surface area (Å²) in [4.78, 5) is 4.59. The van der Waals surface area contributed by atoms with E-state index in [0.717, 1.165) is 32.2 Å². The number of rotatable bonds is 6. The number of nitrogens with two attached hydrogens (primary N) is 1. The van der Waals surface area contributed by atoms with Gasteiger partial charge in [0.2, 0.25) is 10.0 Å². The van der Waals surface area contributed by atoms with E-state index >= 15 is 0 Å². The molecule has 0 amide bonds. The number of guanidine groups is 1. The standard InChI is InChI=1S/C16H26N4O2S/c1-2-10-18-16(17)19-13-14-8-4-5-9-15(14)23(21,22)20-11-6-3-7-12-20/h4-5,8-9H,2-3,6-7,10-13H2,1H3,(H3,17,18,19). The Morgan fingerprint density at radius 3 is 2.65 bits per heavy atom. The van der Waals surface area contributed by atoms with Crippen molar-refractivity contribution in [1.82, 2.24) is 9.62 Å². The Kier molecular flexibility index (Phi) is 6.41. The highest BCUT2D eigenvalue weighted by molar-refractivity contribution is 7.89. The predicted octanol–water partition coefficient (Wildman–Crippen LogP) is 1.68. The van der Waals surface area contributed by atoms with Crippen LogP contribution in [0.15, 0.2) is 34.2 Å². The molecule has 1 heterocycles. The average molecular weight is 338 g/mol. The summed E-state index contributed by atoms with van der Waals surface area (Å²) >= 11 is 0. The number of nitrogens with one attached hydrogen (secondary N) is 1. The molecule has 0 aliphatic carbocycles. The molecule has 1 aliphatic rings. The molecule has 6 nitrogen and oxygen atoms in total. The first-order valence-electron chi connectivity index (χ1n) is 8.17. The van der Waals surface area contributed by atoms with Gasteiger partial charge in [0, 0.05) is 19.6 Å². The summed E-state index contributed by atoms with van der Waals surface area (Å²) < 4.78 is 27.3. The summed E-state index contributed by atoms with van der Waals surface area (Å²) in [5, 5.41) is 2.99. The minimum absolute atomic E-state index is 0.256. The SMILES string of the molecule is CCCNC(N)=NCc1ccccc1S(=O)(=O)N1CCCCC1. The highest BCUT2D eigenvalue weighted by atomic mass is 32.2. The summed E-state index contributed by atoms with van der Waals surface area (Å²) in [7, 11) is -3.45. The normalized spacial score (nSPS) is 17.2. The van der Waals surface area contributed by atoms with E-state index in [1.807, 2.05) is 13.0 Å². The molecule has 1 fully saturated rings. The minimum Gasteiger partial charge on any atom is -0.370 e. The van der Waals surface area contributed by atoms with E-state index in [-0.39, 0.29) is 6.54 Å². The van der Waals surface area contributed by atoms with Gasteiger partial charge in [0.25, 0.3) is 0 Å². The highest BCUT2D eigenvalue weighted by Gasteiger charge is 2.27. The summed E-state index contributed by atoms with van der Waals surface area (Å²) in [5.41, 5.74) is 6.47. The molecule has 23 heavy (non-hydrogen) atoms. The van der Waals surface area contributed by atoms with Gasteiger partial charge in [0.05, 0.1) is 11.4 Å². The second-order valence-corrected chi connectivity index (χ2v) is 7.61. The lowest BCUT2D eigenvalue weighted by Gasteiger charge is -2.26. The average Bonchev–Trinajstić information content (AvgIpc) is 2.59. The molecule has 2 rings (SSSR count). The minimum atomic E-state index is -3.45. The van der Waals surface area contributed by atoms with E-state index in [9.17, 15) is 8.42 Å². The summed E-state index contributed by atoms with van der Waals surface area (Å²) in [6.45, 7) is 4.25. The molecule has 7 heteroatoms. The highest BCUT2D eigenvalue weighted by Crippen LogP contribution is 2.23.